The normalized spacial score (nSPS) is 10.3. The van der Waals surface area contributed by atoms with Crippen molar-refractivity contribution in [1.82, 2.24) is 9.97 Å². The van der Waals surface area contributed by atoms with Crippen LogP contribution in [-0.4, -0.2) is 14.9 Å². The molecule has 7 heteroatoms. The van der Waals surface area contributed by atoms with Crippen LogP contribution in [-0.2, 0) is 0 Å². The topological polar surface area (TPSA) is 68.9 Å². The van der Waals surface area contributed by atoms with E-state index in [1.807, 2.05) is 31.2 Å². The number of aromatic nitrogens is 2. The summed E-state index contributed by atoms with van der Waals surface area (Å²) in [5.41, 5.74) is 0.874. The number of hydrogen-bond donors (Lipinski definition) is 0. The molecule has 0 aliphatic heterocycles. The number of benzene rings is 1. The van der Waals surface area contributed by atoms with E-state index in [0.717, 1.165) is 16.7 Å². The van der Waals surface area contributed by atoms with Crippen molar-refractivity contribution >= 4 is 29.1 Å². The first-order valence-electron chi connectivity index (χ1n) is 4.98. The van der Waals surface area contributed by atoms with E-state index in [0.29, 0.717) is 0 Å². The minimum absolute atomic E-state index is 0.00307. The zero-order valence-corrected chi connectivity index (χ0v) is 10.9. The Bertz CT molecular complexity index is 607. The van der Waals surface area contributed by atoms with Gasteiger partial charge in [-0.1, -0.05) is 30.0 Å². The first kappa shape index (κ1) is 12.8. The molecule has 1 aromatic carbocycles. The van der Waals surface area contributed by atoms with Crippen molar-refractivity contribution in [3.8, 4) is 0 Å². The highest BCUT2D eigenvalue weighted by molar-refractivity contribution is 7.99. The molecule has 0 saturated heterocycles. The van der Waals surface area contributed by atoms with Crippen LogP contribution in [0.2, 0.25) is 5.28 Å². The molecule has 0 aliphatic carbocycles. The van der Waals surface area contributed by atoms with Gasteiger partial charge in [-0.05, 0) is 30.2 Å². The van der Waals surface area contributed by atoms with Crippen LogP contribution < -0.4 is 0 Å². The van der Waals surface area contributed by atoms with Gasteiger partial charge in [0.15, 0.2) is 5.03 Å². The lowest BCUT2D eigenvalue weighted by molar-refractivity contribution is -0.388. The highest BCUT2D eigenvalue weighted by atomic mass is 35.5. The van der Waals surface area contributed by atoms with Crippen molar-refractivity contribution in [2.75, 3.05) is 0 Å². The third kappa shape index (κ3) is 2.77. The van der Waals surface area contributed by atoms with Crippen LogP contribution in [0.15, 0.2) is 40.4 Å². The fourth-order valence-corrected chi connectivity index (χ4v) is 2.45. The number of aryl methyl sites for hydroxylation is 1. The van der Waals surface area contributed by atoms with Gasteiger partial charge in [0.1, 0.15) is 6.20 Å². The van der Waals surface area contributed by atoms with E-state index in [2.05, 4.69) is 9.97 Å². The highest BCUT2D eigenvalue weighted by Gasteiger charge is 2.18. The van der Waals surface area contributed by atoms with Crippen molar-refractivity contribution < 1.29 is 4.92 Å². The predicted molar refractivity (Wildman–Crippen MR) is 69.0 cm³/mol. The van der Waals surface area contributed by atoms with Crippen LogP contribution in [0.5, 0.6) is 0 Å². The molecule has 2 rings (SSSR count). The van der Waals surface area contributed by atoms with Crippen LogP contribution in [0.3, 0.4) is 0 Å². The van der Waals surface area contributed by atoms with Crippen LogP contribution in [0.4, 0.5) is 5.69 Å². The monoisotopic (exact) mass is 281 g/mol. The first-order chi connectivity index (χ1) is 8.58. The molecule has 18 heavy (non-hydrogen) atoms. The number of halogens is 1. The van der Waals surface area contributed by atoms with Gasteiger partial charge in [0.25, 0.3) is 0 Å². The molecule has 0 amide bonds. The largest absolute Gasteiger partial charge is 0.319 e. The molecule has 0 N–H and O–H groups in total. The zero-order chi connectivity index (χ0) is 13.1. The summed E-state index contributed by atoms with van der Waals surface area (Å²) in [5.74, 6) is 0. The SMILES string of the molecule is Cc1ccccc1Sc1nc(Cl)ncc1[N+](=O)[O-]. The molecule has 0 fully saturated rings. The number of hydrogen-bond acceptors (Lipinski definition) is 5. The predicted octanol–water partition coefficient (Wildman–Crippen LogP) is 3.50. The van der Waals surface area contributed by atoms with Gasteiger partial charge >= 0.3 is 5.69 Å². The van der Waals surface area contributed by atoms with E-state index in [-0.39, 0.29) is 16.0 Å². The van der Waals surface area contributed by atoms with E-state index in [9.17, 15) is 10.1 Å². The third-order valence-electron chi connectivity index (χ3n) is 2.20. The number of nitrogens with zero attached hydrogens (tertiary/aromatic N) is 3. The standard InChI is InChI=1S/C11H8ClN3O2S/c1-7-4-2-3-5-9(7)18-10-8(15(16)17)6-13-11(12)14-10/h2-6H,1H3. The molecular weight excluding hydrogens is 274 g/mol. The van der Waals surface area contributed by atoms with Gasteiger partial charge in [0, 0.05) is 4.90 Å². The van der Waals surface area contributed by atoms with Crippen LogP contribution >= 0.6 is 23.4 Å². The molecule has 1 heterocycles. The Kier molecular flexibility index (Phi) is 3.78. The van der Waals surface area contributed by atoms with E-state index in [1.165, 1.54) is 11.8 Å². The van der Waals surface area contributed by atoms with E-state index in [1.54, 1.807) is 0 Å². The summed E-state index contributed by atoms with van der Waals surface area (Å²) in [6.07, 6.45) is 1.12. The Morgan fingerprint density at radius 1 is 1.39 bits per heavy atom. The minimum Gasteiger partial charge on any atom is -0.258 e. The minimum atomic E-state index is -0.517. The summed E-state index contributed by atoms with van der Waals surface area (Å²) in [6.45, 7) is 1.93. The summed E-state index contributed by atoms with van der Waals surface area (Å²) in [7, 11) is 0. The van der Waals surface area contributed by atoms with E-state index < -0.39 is 4.92 Å². The summed E-state index contributed by atoms with van der Waals surface area (Å²) >= 11 is 6.88. The summed E-state index contributed by atoms with van der Waals surface area (Å²) in [5, 5.41) is 11.1. The fraction of sp³-hybridized carbons (Fsp3) is 0.0909. The molecule has 0 spiro atoms. The first-order valence-corrected chi connectivity index (χ1v) is 6.18. The lowest BCUT2D eigenvalue weighted by atomic mass is 10.2. The van der Waals surface area contributed by atoms with Crippen molar-refractivity contribution in [2.24, 2.45) is 0 Å². The van der Waals surface area contributed by atoms with Crippen LogP contribution in [0, 0.1) is 17.0 Å². The second-order valence-electron chi connectivity index (χ2n) is 3.45. The van der Waals surface area contributed by atoms with Gasteiger partial charge in [0.2, 0.25) is 5.28 Å². The smallest absolute Gasteiger partial charge is 0.258 e. The Balaban J connectivity index is 2.42. The molecule has 5 nitrogen and oxygen atoms in total. The van der Waals surface area contributed by atoms with Crippen LogP contribution in [0.25, 0.3) is 0 Å². The Labute approximate surface area is 112 Å². The Hall–Kier alpha value is -1.66. The Morgan fingerprint density at radius 2 is 2.11 bits per heavy atom. The van der Waals surface area contributed by atoms with Gasteiger partial charge in [-0.25, -0.2) is 9.97 Å². The van der Waals surface area contributed by atoms with Crippen molar-refractivity contribution in [2.45, 2.75) is 16.8 Å². The fourth-order valence-electron chi connectivity index (χ4n) is 1.31. The van der Waals surface area contributed by atoms with Gasteiger partial charge < -0.3 is 0 Å². The second-order valence-corrected chi connectivity index (χ2v) is 4.82. The molecule has 0 saturated carbocycles. The molecule has 0 unspecified atom stereocenters. The quantitative estimate of drug-likeness (QED) is 0.373. The number of nitro groups is 1. The maximum atomic E-state index is 10.9. The van der Waals surface area contributed by atoms with Crippen molar-refractivity contribution in [3.63, 3.8) is 0 Å². The Morgan fingerprint density at radius 3 is 2.78 bits per heavy atom. The molecule has 92 valence electrons. The third-order valence-corrected chi connectivity index (χ3v) is 3.56. The van der Waals surface area contributed by atoms with Crippen molar-refractivity contribution in [1.29, 1.82) is 0 Å². The van der Waals surface area contributed by atoms with Crippen LogP contribution in [0.1, 0.15) is 5.56 Å². The summed E-state index contributed by atoms with van der Waals surface area (Å²) in [6, 6.07) is 7.57. The lowest BCUT2D eigenvalue weighted by Gasteiger charge is -2.04. The molecule has 0 atom stereocenters. The van der Waals surface area contributed by atoms with E-state index in [4.69, 9.17) is 11.6 Å². The molecule has 0 bridgehead atoms. The summed E-state index contributed by atoms with van der Waals surface area (Å²) in [4.78, 5) is 18.8. The average Bonchev–Trinajstić information content (AvgIpc) is 2.32. The van der Waals surface area contributed by atoms with Gasteiger partial charge in [-0.3, -0.25) is 10.1 Å². The second kappa shape index (κ2) is 5.32. The molecule has 1 aromatic heterocycles. The summed E-state index contributed by atoms with van der Waals surface area (Å²) < 4.78 is 0. The molecular formula is C11H8ClN3O2S. The van der Waals surface area contributed by atoms with Gasteiger partial charge in [-0.2, -0.15) is 0 Å². The average molecular weight is 282 g/mol. The maximum absolute atomic E-state index is 10.9. The lowest BCUT2D eigenvalue weighted by Crippen LogP contribution is -1.96. The van der Waals surface area contributed by atoms with Crippen molar-refractivity contribution in [3.05, 3.63) is 51.4 Å². The highest BCUT2D eigenvalue weighted by Crippen LogP contribution is 2.34. The number of rotatable bonds is 3. The molecule has 0 radical (unpaired) electrons. The van der Waals surface area contributed by atoms with Gasteiger partial charge in [0.05, 0.1) is 4.92 Å². The van der Waals surface area contributed by atoms with E-state index >= 15 is 0 Å². The maximum Gasteiger partial charge on any atom is 0.319 e. The molecule has 0 aliphatic rings. The zero-order valence-electron chi connectivity index (χ0n) is 9.33. The van der Waals surface area contributed by atoms with Gasteiger partial charge in [-0.15, -0.1) is 0 Å². The molecule has 2 aromatic rings.